The summed E-state index contributed by atoms with van der Waals surface area (Å²) < 4.78 is 5.16. The molecule has 1 heterocycles. The summed E-state index contributed by atoms with van der Waals surface area (Å²) in [7, 11) is 0. The number of thiophene rings is 1. The standard InChI is InChI=1S/C18H28N4O3S2/c1-10-5-6-11-12(9-10)27-15(13(11)14(19)23)22-16(26)20-7-8-21-17(24)25-18(2,3)4/h10H,5-9H2,1-4H3,(H2,19,23)(H,21,24)(H2,20,22,26). The van der Waals surface area contributed by atoms with Crippen LogP contribution in [0.4, 0.5) is 9.80 Å². The van der Waals surface area contributed by atoms with Gasteiger partial charge < -0.3 is 26.4 Å². The van der Waals surface area contributed by atoms with Crippen LogP contribution < -0.4 is 21.7 Å². The van der Waals surface area contributed by atoms with E-state index in [1.165, 1.54) is 4.88 Å². The number of primary amides is 1. The summed E-state index contributed by atoms with van der Waals surface area (Å²) in [6, 6.07) is 0. The zero-order chi connectivity index (χ0) is 20.2. The van der Waals surface area contributed by atoms with E-state index in [0.717, 1.165) is 24.8 Å². The zero-order valence-electron chi connectivity index (χ0n) is 16.2. The Morgan fingerprint density at radius 2 is 1.96 bits per heavy atom. The molecule has 1 aromatic heterocycles. The highest BCUT2D eigenvalue weighted by molar-refractivity contribution is 7.80. The molecular formula is C18H28N4O3S2. The van der Waals surface area contributed by atoms with Gasteiger partial charge in [-0.3, -0.25) is 4.79 Å². The number of hydrogen-bond acceptors (Lipinski definition) is 5. The van der Waals surface area contributed by atoms with E-state index < -0.39 is 17.6 Å². The third kappa shape index (κ3) is 6.35. The summed E-state index contributed by atoms with van der Waals surface area (Å²) in [5.41, 5.74) is 6.68. The van der Waals surface area contributed by atoms with Gasteiger partial charge in [0.15, 0.2) is 5.11 Å². The van der Waals surface area contributed by atoms with Crippen molar-refractivity contribution < 1.29 is 14.3 Å². The fourth-order valence-electron chi connectivity index (χ4n) is 2.90. The molecule has 0 saturated heterocycles. The van der Waals surface area contributed by atoms with Gasteiger partial charge in [0.25, 0.3) is 5.91 Å². The molecule has 150 valence electrons. The van der Waals surface area contributed by atoms with Crippen LogP contribution in [-0.2, 0) is 17.6 Å². The number of nitrogens with two attached hydrogens (primary N) is 1. The third-order valence-electron chi connectivity index (χ3n) is 4.06. The van der Waals surface area contributed by atoms with Crippen LogP contribution in [0, 0.1) is 5.92 Å². The van der Waals surface area contributed by atoms with Crippen LogP contribution in [0.25, 0.3) is 0 Å². The Morgan fingerprint density at radius 1 is 1.30 bits per heavy atom. The molecule has 0 radical (unpaired) electrons. The van der Waals surface area contributed by atoms with Crippen molar-refractivity contribution >= 4 is 45.7 Å². The van der Waals surface area contributed by atoms with Crippen molar-refractivity contribution in [3.05, 3.63) is 16.0 Å². The third-order valence-corrected chi connectivity index (χ3v) is 5.48. The summed E-state index contributed by atoms with van der Waals surface area (Å²) in [6.07, 6.45) is 2.41. The minimum absolute atomic E-state index is 0.359. The predicted molar refractivity (Wildman–Crippen MR) is 112 cm³/mol. The fourth-order valence-corrected chi connectivity index (χ4v) is 4.59. The van der Waals surface area contributed by atoms with Crippen molar-refractivity contribution in [1.82, 2.24) is 10.6 Å². The second-order valence-corrected chi connectivity index (χ2v) is 9.24. The highest BCUT2D eigenvalue weighted by atomic mass is 32.1. The topological polar surface area (TPSA) is 105 Å². The van der Waals surface area contributed by atoms with E-state index in [0.29, 0.717) is 34.7 Å². The Morgan fingerprint density at radius 3 is 2.59 bits per heavy atom. The summed E-state index contributed by atoms with van der Waals surface area (Å²) >= 11 is 6.84. The Bertz CT molecular complexity index is 725. The maximum absolute atomic E-state index is 11.9. The van der Waals surface area contributed by atoms with Crippen LogP contribution in [0.2, 0.25) is 0 Å². The van der Waals surface area contributed by atoms with Gasteiger partial charge in [0.05, 0.1) is 5.56 Å². The first kappa shape index (κ1) is 21.4. The number of ether oxygens (including phenoxy) is 1. The van der Waals surface area contributed by atoms with E-state index >= 15 is 0 Å². The summed E-state index contributed by atoms with van der Waals surface area (Å²) in [5, 5.41) is 9.82. The predicted octanol–water partition coefficient (Wildman–Crippen LogP) is 2.78. The van der Waals surface area contributed by atoms with Gasteiger partial charge in [-0.25, -0.2) is 4.79 Å². The van der Waals surface area contributed by atoms with Crippen LogP contribution >= 0.6 is 23.6 Å². The molecular weight excluding hydrogens is 384 g/mol. The van der Waals surface area contributed by atoms with Crippen molar-refractivity contribution in [1.29, 1.82) is 0 Å². The van der Waals surface area contributed by atoms with E-state index in [2.05, 4.69) is 22.9 Å². The van der Waals surface area contributed by atoms with E-state index in [9.17, 15) is 9.59 Å². The van der Waals surface area contributed by atoms with Crippen LogP contribution in [0.5, 0.6) is 0 Å². The van der Waals surface area contributed by atoms with Crippen molar-refractivity contribution in [2.24, 2.45) is 11.7 Å². The Kier molecular flexibility index (Phi) is 7.05. The molecule has 1 atom stereocenters. The first-order valence-electron chi connectivity index (χ1n) is 9.03. The number of amides is 2. The molecule has 1 aliphatic rings. The monoisotopic (exact) mass is 412 g/mol. The molecule has 1 aliphatic carbocycles. The minimum atomic E-state index is -0.532. The van der Waals surface area contributed by atoms with Gasteiger partial charge in [-0.15, -0.1) is 11.3 Å². The van der Waals surface area contributed by atoms with Crippen LogP contribution in [0.1, 0.15) is 54.9 Å². The molecule has 0 fully saturated rings. The van der Waals surface area contributed by atoms with Crippen molar-refractivity contribution in [2.75, 3.05) is 18.4 Å². The molecule has 1 aromatic rings. The number of anilines is 1. The lowest BCUT2D eigenvalue weighted by molar-refractivity contribution is 0.0528. The normalized spacial score (nSPS) is 16.2. The molecule has 0 saturated carbocycles. The van der Waals surface area contributed by atoms with Gasteiger partial charge in [0, 0.05) is 18.0 Å². The highest BCUT2D eigenvalue weighted by Crippen LogP contribution is 2.39. The highest BCUT2D eigenvalue weighted by Gasteiger charge is 2.26. The number of fused-ring (bicyclic) bond motifs is 1. The maximum atomic E-state index is 11.9. The fraction of sp³-hybridized carbons (Fsp3) is 0.611. The zero-order valence-corrected chi connectivity index (χ0v) is 17.9. The van der Waals surface area contributed by atoms with Gasteiger partial charge in [-0.2, -0.15) is 0 Å². The molecule has 9 heteroatoms. The number of thiocarbonyl (C=S) groups is 1. The average molecular weight is 413 g/mol. The Hall–Kier alpha value is -1.87. The number of hydrogen-bond donors (Lipinski definition) is 4. The number of carbonyl (C=O) groups excluding carboxylic acids is 2. The van der Waals surface area contributed by atoms with Crippen molar-refractivity contribution in [3.8, 4) is 0 Å². The summed E-state index contributed by atoms with van der Waals surface area (Å²) in [6.45, 7) is 8.42. The van der Waals surface area contributed by atoms with Crippen LogP contribution in [0.3, 0.4) is 0 Å². The van der Waals surface area contributed by atoms with Crippen molar-refractivity contribution in [2.45, 2.75) is 52.6 Å². The number of carbonyl (C=O) groups is 2. The molecule has 27 heavy (non-hydrogen) atoms. The quantitative estimate of drug-likeness (QED) is 0.438. The molecule has 5 N–H and O–H groups in total. The first-order chi connectivity index (χ1) is 12.6. The van der Waals surface area contributed by atoms with Crippen LogP contribution in [-0.4, -0.2) is 35.8 Å². The molecule has 1 unspecified atom stereocenters. The van der Waals surface area contributed by atoms with Gasteiger partial charge >= 0.3 is 6.09 Å². The Balaban J connectivity index is 1.87. The largest absolute Gasteiger partial charge is 0.444 e. The molecule has 0 aliphatic heterocycles. The number of rotatable bonds is 5. The summed E-state index contributed by atoms with van der Waals surface area (Å²) in [5.74, 6) is 0.174. The molecule has 0 spiro atoms. The van der Waals surface area contributed by atoms with Crippen molar-refractivity contribution in [3.63, 3.8) is 0 Å². The lowest BCUT2D eigenvalue weighted by Crippen LogP contribution is -2.39. The number of nitrogens with one attached hydrogen (secondary N) is 3. The first-order valence-corrected chi connectivity index (χ1v) is 10.3. The van der Waals surface area contributed by atoms with Gasteiger partial charge in [-0.1, -0.05) is 6.92 Å². The second-order valence-electron chi connectivity index (χ2n) is 7.73. The van der Waals surface area contributed by atoms with E-state index in [-0.39, 0.29) is 0 Å². The SMILES string of the molecule is CC1CCc2c(sc(NC(=S)NCCNC(=O)OC(C)(C)C)c2C(N)=O)C1. The molecule has 2 amide bonds. The summed E-state index contributed by atoms with van der Waals surface area (Å²) in [4.78, 5) is 24.7. The lowest BCUT2D eigenvalue weighted by Gasteiger charge is -2.19. The smallest absolute Gasteiger partial charge is 0.407 e. The molecule has 0 aromatic carbocycles. The molecule has 2 rings (SSSR count). The Labute approximate surface area is 169 Å². The van der Waals surface area contributed by atoms with Gasteiger partial charge in [0.1, 0.15) is 10.6 Å². The van der Waals surface area contributed by atoms with Gasteiger partial charge in [-0.05, 0) is 63.7 Å². The van der Waals surface area contributed by atoms with Crippen LogP contribution in [0.15, 0.2) is 0 Å². The van der Waals surface area contributed by atoms with Gasteiger partial charge in [0.2, 0.25) is 0 Å². The average Bonchev–Trinajstić information content (AvgIpc) is 2.86. The van der Waals surface area contributed by atoms with E-state index in [4.69, 9.17) is 22.7 Å². The maximum Gasteiger partial charge on any atom is 0.407 e. The molecule has 7 nitrogen and oxygen atoms in total. The van der Waals surface area contributed by atoms with E-state index in [1.807, 2.05) is 20.8 Å². The minimum Gasteiger partial charge on any atom is -0.444 e. The number of alkyl carbamates (subject to hydrolysis) is 1. The molecule has 0 bridgehead atoms. The van der Waals surface area contributed by atoms with E-state index in [1.54, 1.807) is 11.3 Å². The second kappa shape index (κ2) is 8.88. The lowest BCUT2D eigenvalue weighted by atomic mass is 9.88.